The monoisotopic (exact) mass is 359 g/mol. The van der Waals surface area contributed by atoms with Gasteiger partial charge in [0.05, 0.1) is 11.4 Å². The molecule has 3 nitrogen and oxygen atoms in total. The molecule has 3 heteroatoms. The van der Waals surface area contributed by atoms with E-state index in [1.807, 2.05) is 33.3 Å². The van der Waals surface area contributed by atoms with E-state index in [0.717, 1.165) is 29.5 Å². The summed E-state index contributed by atoms with van der Waals surface area (Å²) in [4.78, 5) is 2.09. The summed E-state index contributed by atoms with van der Waals surface area (Å²) in [5.41, 5.74) is 2.38. The lowest BCUT2D eigenvalue weighted by Gasteiger charge is -2.37. The number of rotatable bonds is 4. The number of para-hydroxylation sites is 2. The number of nitrogens with one attached hydrogen (secondary N) is 2. The van der Waals surface area contributed by atoms with Gasteiger partial charge in [-0.1, -0.05) is 31.9 Å². The molecule has 2 N–H and O–H groups in total. The second-order valence-electron chi connectivity index (χ2n) is 8.58. The summed E-state index contributed by atoms with van der Waals surface area (Å²) in [6.45, 7) is 2.42. The van der Waals surface area contributed by atoms with Crippen LogP contribution in [-0.4, -0.2) is 34.2 Å². The molecule has 26 heavy (non-hydrogen) atoms. The minimum absolute atomic E-state index is 0.823. The van der Waals surface area contributed by atoms with Crippen molar-refractivity contribution in [2.24, 2.45) is 17.8 Å². The molecule has 2 aliphatic rings. The minimum Gasteiger partial charge on any atom is -0.386 e. The van der Waals surface area contributed by atoms with Crippen LogP contribution in [0, 0.1) is 17.8 Å². The van der Waals surface area contributed by atoms with Crippen molar-refractivity contribution in [1.29, 1.82) is 0 Å². The van der Waals surface area contributed by atoms with Gasteiger partial charge in [-0.25, -0.2) is 0 Å². The molecular formula is C23H41N3. The first-order valence-corrected chi connectivity index (χ1v) is 10.7. The zero-order valence-corrected chi connectivity index (χ0v) is 17.7. The molecule has 0 bridgehead atoms. The molecule has 0 saturated heterocycles. The topological polar surface area (TPSA) is 27.3 Å². The van der Waals surface area contributed by atoms with Crippen molar-refractivity contribution in [2.45, 2.75) is 64.3 Å². The highest BCUT2D eigenvalue weighted by Gasteiger charge is 2.29. The van der Waals surface area contributed by atoms with Crippen molar-refractivity contribution in [1.82, 2.24) is 5.32 Å². The average Bonchev–Trinajstić information content (AvgIpc) is 2.69. The Balaban J connectivity index is 0.000000197. The Morgan fingerprint density at radius 2 is 1.35 bits per heavy atom. The van der Waals surface area contributed by atoms with Gasteiger partial charge in [-0.2, -0.15) is 0 Å². The highest BCUT2D eigenvalue weighted by Crippen LogP contribution is 2.39. The molecule has 1 aromatic carbocycles. The Hall–Kier alpha value is -1.22. The van der Waals surface area contributed by atoms with Gasteiger partial charge in [0, 0.05) is 27.2 Å². The van der Waals surface area contributed by atoms with Crippen LogP contribution in [0.25, 0.3) is 0 Å². The molecular weight excluding hydrogens is 318 g/mol. The Bertz CT molecular complexity index is 498. The molecule has 0 spiro atoms. The van der Waals surface area contributed by atoms with E-state index >= 15 is 0 Å². The maximum absolute atomic E-state index is 3.43. The van der Waals surface area contributed by atoms with Crippen molar-refractivity contribution in [3.05, 3.63) is 24.3 Å². The molecule has 148 valence electrons. The Kier molecular flexibility index (Phi) is 8.77. The van der Waals surface area contributed by atoms with Crippen molar-refractivity contribution < 1.29 is 0 Å². The van der Waals surface area contributed by atoms with Crippen LogP contribution in [0.3, 0.4) is 0 Å². The molecule has 3 rings (SSSR count). The number of hydrogen-bond acceptors (Lipinski definition) is 3. The molecule has 0 heterocycles. The third kappa shape index (κ3) is 6.19. The van der Waals surface area contributed by atoms with Gasteiger partial charge < -0.3 is 15.5 Å². The van der Waals surface area contributed by atoms with Crippen LogP contribution in [0.2, 0.25) is 0 Å². The van der Waals surface area contributed by atoms with E-state index in [4.69, 9.17) is 0 Å². The highest BCUT2D eigenvalue weighted by atomic mass is 15.1. The van der Waals surface area contributed by atoms with Gasteiger partial charge in [0.2, 0.25) is 0 Å². The Labute approximate surface area is 161 Å². The molecule has 2 saturated carbocycles. The first-order chi connectivity index (χ1) is 12.5. The molecule has 0 atom stereocenters. The van der Waals surface area contributed by atoms with Crippen molar-refractivity contribution >= 4 is 11.4 Å². The van der Waals surface area contributed by atoms with Gasteiger partial charge >= 0.3 is 0 Å². The summed E-state index contributed by atoms with van der Waals surface area (Å²) in [5, 5.41) is 6.57. The quantitative estimate of drug-likeness (QED) is 0.755. The lowest BCUT2D eigenvalue weighted by molar-refractivity contribution is 0.160. The summed E-state index contributed by atoms with van der Waals surface area (Å²) in [6.07, 6.45) is 11.9. The maximum Gasteiger partial charge on any atom is 0.0596 e. The minimum atomic E-state index is 0.823. The SMILES string of the molecule is CNC1CCC(C2CCC(C)CC2)CC1.CNc1ccccc1N(C)C. The fraction of sp³-hybridized carbons (Fsp3) is 0.739. The average molecular weight is 360 g/mol. The lowest BCUT2D eigenvalue weighted by atomic mass is 9.70. The third-order valence-corrected chi connectivity index (χ3v) is 6.56. The van der Waals surface area contributed by atoms with E-state index in [2.05, 4.69) is 41.6 Å². The van der Waals surface area contributed by atoms with Crippen LogP contribution < -0.4 is 15.5 Å². The van der Waals surface area contributed by atoms with E-state index in [1.165, 1.54) is 57.1 Å². The predicted molar refractivity (Wildman–Crippen MR) is 116 cm³/mol. The van der Waals surface area contributed by atoms with Gasteiger partial charge in [0.1, 0.15) is 0 Å². The van der Waals surface area contributed by atoms with Gasteiger partial charge in [-0.3, -0.25) is 0 Å². The van der Waals surface area contributed by atoms with Crippen LogP contribution in [0.15, 0.2) is 24.3 Å². The molecule has 1 aromatic rings. The van der Waals surface area contributed by atoms with Crippen LogP contribution in [-0.2, 0) is 0 Å². The van der Waals surface area contributed by atoms with E-state index < -0.39 is 0 Å². The Morgan fingerprint density at radius 3 is 1.81 bits per heavy atom. The van der Waals surface area contributed by atoms with E-state index in [1.54, 1.807) is 0 Å². The smallest absolute Gasteiger partial charge is 0.0596 e. The van der Waals surface area contributed by atoms with Crippen LogP contribution >= 0.6 is 0 Å². The lowest BCUT2D eigenvalue weighted by Crippen LogP contribution is -2.33. The summed E-state index contributed by atoms with van der Waals surface area (Å²) >= 11 is 0. The zero-order chi connectivity index (χ0) is 18.9. The Morgan fingerprint density at radius 1 is 0.808 bits per heavy atom. The normalized spacial score (nSPS) is 28.7. The molecule has 2 aliphatic carbocycles. The van der Waals surface area contributed by atoms with Gasteiger partial charge in [0.25, 0.3) is 0 Å². The van der Waals surface area contributed by atoms with Gasteiger partial charge in [0.15, 0.2) is 0 Å². The molecule has 2 fully saturated rings. The largest absolute Gasteiger partial charge is 0.386 e. The second kappa shape index (κ2) is 10.8. The predicted octanol–water partition coefficient (Wildman–Crippen LogP) is 5.39. The van der Waals surface area contributed by atoms with Crippen molar-refractivity contribution in [3.8, 4) is 0 Å². The van der Waals surface area contributed by atoms with Crippen molar-refractivity contribution in [3.63, 3.8) is 0 Å². The summed E-state index contributed by atoms with van der Waals surface area (Å²) in [5.74, 6) is 3.16. The fourth-order valence-electron chi connectivity index (χ4n) is 4.71. The van der Waals surface area contributed by atoms with Crippen LogP contribution in [0.4, 0.5) is 11.4 Å². The number of anilines is 2. The fourth-order valence-corrected chi connectivity index (χ4v) is 4.71. The standard InChI is InChI=1S/C14H27N.C9H14N2/c1-11-3-5-12(6-4-11)13-7-9-14(15-2)10-8-13;1-10-8-6-4-5-7-9(8)11(2)3/h11-15H,3-10H2,1-2H3;4-7,10H,1-3H3. The van der Waals surface area contributed by atoms with E-state index in [-0.39, 0.29) is 0 Å². The first-order valence-electron chi connectivity index (χ1n) is 10.7. The maximum atomic E-state index is 3.43. The highest BCUT2D eigenvalue weighted by molar-refractivity contribution is 5.68. The molecule has 0 radical (unpaired) electrons. The third-order valence-electron chi connectivity index (χ3n) is 6.56. The van der Waals surface area contributed by atoms with E-state index in [9.17, 15) is 0 Å². The summed E-state index contributed by atoms with van der Waals surface area (Å²) in [7, 11) is 8.13. The molecule has 0 aliphatic heterocycles. The number of hydrogen-bond donors (Lipinski definition) is 2. The first kappa shape index (κ1) is 21.1. The van der Waals surface area contributed by atoms with Crippen LogP contribution in [0.5, 0.6) is 0 Å². The van der Waals surface area contributed by atoms with Crippen LogP contribution in [0.1, 0.15) is 58.3 Å². The van der Waals surface area contributed by atoms with Gasteiger partial charge in [-0.15, -0.1) is 0 Å². The molecule has 0 aromatic heterocycles. The summed E-state index contributed by atoms with van der Waals surface area (Å²) in [6, 6.07) is 9.04. The molecule has 0 unspecified atom stereocenters. The van der Waals surface area contributed by atoms with E-state index in [0.29, 0.717) is 0 Å². The number of benzene rings is 1. The molecule has 0 amide bonds. The van der Waals surface area contributed by atoms with Crippen molar-refractivity contribution in [2.75, 3.05) is 38.4 Å². The second-order valence-corrected chi connectivity index (χ2v) is 8.58. The van der Waals surface area contributed by atoms with Gasteiger partial charge in [-0.05, 0) is 75.5 Å². The summed E-state index contributed by atoms with van der Waals surface area (Å²) < 4.78 is 0. The zero-order valence-electron chi connectivity index (χ0n) is 17.7. The number of nitrogens with zero attached hydrogens (tertiary/aromatic N) is 1.